The maximum absolute atomic E-state index is 13.0. The number of nitrogens with one attached hydrogen (secondary N) is 3. The molecule has 6 nitrogen and oxygen atoms in total. The molecule has 6 heteroatoms. The first-order valence-corrected chi connectivity index (χ1v) is 11.0. The predicted octanol–water partition coefficient (Wildman–Crippen LogP) is 3.35. The highest BCUT2D eigenvalue weighted by Crippen LogP contribution is 2.42. The second-order valence-electron chi connectivity index (χ2n) is 8.49. The molecule has 156 valence electrons. The number of allylic oxidation sites excluding steroid dienone is 1. The highest BCUT2D eigenvalue weighted by Gasteiger charge is 2.32. The average molecular weight is 405 g/mol. The van der Waals surface area contributed by atoms with Crippen molar-refractivity contribution in [2.24, 2.45) is 0 Å². The van der Waals surface area contributed by atoms with Gasteiger partial charge in [-0.2, -0.15) is 0 Å². The van der Waals surface area contributed by atoms with E-state index in [0.717, 1.165) is 83.8 Å². The molecule has 2 aliphatic heterocycles. The van der Waals surface area contributed by atoms with Crippen LogP contribution in [0.1, 0.15) is 58.6 Å². The number of para-hydroxylation sites is 1. The highest BCUT2D eigenvalue weighted by molar-refractivity contribution is 6.36. The fourth-order valence-corrected chi connectivity index (χ4v) is 5.15. The number of likely N-dealkylation sites (tertiary alicyclic amines) is 1. The van der Waals surface area contributed by atoms with E-state index in [9.17, 15) is 9.59 Å². The van der Waals surface area contributed by atoms with E-state index in [1.807, 2.05) is 31.2 Å². The molecule has 0 bridgehead atoms. The Balaban J connectivity index is 1.45. The lowest BCUT2D eigenvalue weighted by atomic mass is 9.86. The molecule has 0 atom stereocenters. The Morgan fingerprint density at radius 3 is 2.77 bits per heavy atom. The van der Waals surface area contributed by atoms with Crippen molar-refractivity contribution in [2.45, 2.75) is 39.0 Å². The molecule has 2 aromatic rings. The van der Waals surface area contributed by atoms with Gasteiger partial charge in [-0.25, -0.2) is 0 Å². The third-order valence-electron chi connectivity index (χ3n) is 6.56. The lowest BCUT2D eigenvalue weighted by molar-refractivity contribution is -0.110. The minimum absolute atomic E-state index is 0.00767. The molecule has 1 saturated heterocycles. The first kappa shape index (κ1) is 19.1. The van der Waals surface area contributed by atoms with Gasteiger partial charge in [-0.3, -0.25) is 9.59 Å². The number of amides is 2. The van der Waals surface area contributed by atoms with Crippen molar-refractivity contribution in [3.63, 3.8) is 0 Å². The van der Waals surface area contributed by atoms with Crippen LogP contribution in [0.15, 0.2) is 24.3 Å². The van der Waals surface area contributed by atoms with E-state index in [1.165, 1.54) is 12.8 Å². The Labute approximate surface area is 176 Å². The number of aromatic nitrogens is 1. The van der Waals surface area contributed by atoms with Gasteiger partial charge in [0.15, 0.2) is 0 Å². The number of hydrogen-bond acceptors (Lipinski definition) is 3. The Bertz CT molecular complexity index is 1040. The van der Waals surface area contributed by atoms with Crippen LogP contribution in [-0.4, -0.2) is 47.9 Å². The van der Waals surface area contributed by atoms with Gasteiger partial charge in [-0.05, 0) is 69.3 Å². The second kappa shape index (κ2) is 7.76. The monoisotopic (exact) mass is 404 g/mol. The molecule has 0 spiro atoms. The average Bonchev–Trinajstić information content (AvgIpc) is 3.44. The maximum atomic E-state index is 13.0. The molecule has 1 fully saturated rings. The van der Waals surface area contributed by atoms with Crippen molar-refractivity contribution in [1.82, 2.24) is 15.2 Å². The maximum Gasteiger partial charge on any atom is 0.256 e. The number of rotatable bonds is 4. The minimum atomic E-state index is -0.0529. The van der Waals surface area contributed by atoms with E-state index < -0.39 is 0 Å². The number of benzene rings is 1. The van der Waals surface area contributed by atoms with Crippen molar-refractivity contribution < 1.29 is 9.59 Å². The molecule has 0 unspecified atom stereocenters. The summed E-state index contributed by atoms with van der Waals surface area (Å²) in [4.78, 5) is 31.6. The number of nitrogens with zero attached hydrogens (tertiary/aromatic N) is 1. The van der Waals surface area contributed by atoms with Gasteiger partial charge < -0.3 is 20.5 Å². The van der Waals surface area contributed by atoms with Crippen LogP contribution < -0.4 is 10.6 Å². The number of hydrogen-bond donors (Lipinski definition) is 3. The van der Waals surface area contributed by atoms with Crippen LogP contribution in [0, 0.1) is 6.92 Å². The number of H-pyrrole nitrogens is 1. The quantitative estimate of drug-likeness (QED) is 0.684. The van der Waals surface area contributed by atoms with Gasteiger partial charge >= 0.3 is 0 Å². The number of anilines is 1. The summed E-state index contributed by atoms with van der Waals surface area (Å²) in [7, 11) is 0. The van der Waals surface area contributed by atoms with E-state index in [-0.39, 0.29) is 11.8 Å². The highest BCUT2D eigenvalue weighted by atomic mass is 16.2. The fraction of sp³-hybridized carbons (Fsp3) is 0.417. The van der Waals surface area contributed by atoms with Gasteiger partial charge in [-0.15, -0.1) is 0 Å². The lowest BCUT2D eigenvalue weighted by Crippen LogP contribution is -2.34. The summed E-state index contributed by atoms with van der Waals surface area (Å²) >= 11 is 0. The largest absolute Gasteiger partial charge is 0.358 e. The van der Waals surface area contributed by atoms with Gasteiger partial charge in [0.05, 0.1) is 11.1 Å². The Hall–Kier alpha value is -2.86. The molecule has 3 heterocycles. The first-order valence-electron chi connectivity index (χ1n) is 11.0. The Morgan fingerprint density at radius 1 is 1.13 bits per heavy atom. The molecule has 2 amide bonds. The number of fused-ring (bicyclic) bond motifs is 2. The van der Waals surface area contributed by atoms with Crippen LogP contribution >= 0.6 is 0 Å². The zero-order valence-corrected chi connectivity index (χ0v) is 17.4. The summed E-state index contributed by atoms with van der Waals surface area (Å²) < 4.78 is 0. The molecule has 1 aromatic heterocycles. The number of aromatic amines is 1. The predicted molar refractivity (Wildman–Crippen MR) is 118 cm³/mol. The van der Waals surface area contributed by atoms with Gasteiger partial charge in [0.2, 0.25) is 0 Å². The summed E-state index contributed by atoms with van der Waals surface area (Å²) in [6, 6.07) is 7.82. The molecule has 0 saturated carbocycles. The van der Waals surface area contributed by atoms with Gasteiger partial charge in [-0.1, -0.05) is 18.2 Å². The van der Waals surface area contributed by atoms with E-state index in [4.69, 9.17) is 0 Å². The molecule has 0 radical (unpaired) electrons. The molecule has 1 aliphatic carbocycles. The van der Waals surface area contributed by atoms with Gasteiger partial charge in [0.25, 0.3) is 11.8 Å². The van der Waals surface area contributed by atoms with Crippen LogP contribution in [0.25, 0.3) is 11.1 Å². The zero-order valence-electron chi connectivity index (χ0n) is 17.4. The summed E-state index contributed by atoms with van der Waals surface area (Å²) in [5, 5.41) is 6.10. The molecule has 5 rings (SSSR count). The van der Waals surface area contributed by atoms with Gasteiger partial charge in [0.1, 0.15) is 0 Å². The zero-order chi connectivity index (χ0) is 20.7. The van der Waals surface area contributed by atoms with Crippen LogP contribution in [0.3, 0.4) is 0 Å². The summed E-state index contributed by atoms with van der Waals surface area (Å²) in [6.45, 7) is 5.80. The third-order valence-corrected chi connectivity index (χ3v) is 6.56. The number of aryl methyl sites for hydroxylation is 1. The standard InChI is InChI=1S/C24H28N4O2/c1-15-20(23(29)25-11-14-28-12-4-5-13-28)17-8-6-9-18(22(17)26-15)21-16-7-2-3-10-19(16)27-24(21)30/h2-3,7,10,26H,4-6,8-9,11-14H2,1H3,(H,25,29)(H,27,30)/b21-18-. The topological polar surface area (TPSA) is 77.2 Å². The lowest BCUT2D eigenvalue weighted by Gasteiger charge is -2.19. The summed E-state index contributed by atoms with van der Waals surface area (Å²) in [5.74, 6) is -0.0605. The second-order valence-corrected chi connectivity index (χ2v) is 8.49. The normalized spacial score (nSPS) is 20.8. The molecule has 1 aromatic carbocycles. The smallest absolute Gasteiger partial charge is 0.256 e. The van der Waals surface area contributed by atoms with Gasteiger partial charge in [0, 0.05) is 35.7 Å². The van der Waals surface area contributed by atoms with Crippen LogP contribution in [-0.2, 0) is 11.2 Å². The molecule has 30 heavy (non-hydrogen) atoms. The summed E-state index contributed by atoms with van der Waals surface area (Å²) in [5.41, 5.74) is 7.24. The van der Waals surface area contributed by atoms with Crippen molar-refractivity contribution in [1.29, 1.82) is 0 Å². The summed E-state index contributed by atoms with van der Waals surface area (Å²) in [6.07, 6.45) is 5.14. The molecule has 3 aliphatic rings. The molecular weight excluding hydrogens is 376 g/mol. The first-order chi connectivity index (χ1) is 14.6. The van der Waals surface area contributed by atoms with E-state index >= 15 is 0 Å². The third kappa shape index (κ3) is 3.25. The fourth-order valence-electron chi connectivity index (χ4n) is 5.15. The van der Waals surface area contributed by atoms with Crippen LogP contribution in [0.5, 0.6) is 0 Å². The molecular formula is C24H28N4O2. The van der Waals surface area contributed by atoms with Crippen molar-refractivity contribution in [3.8, 4) is 0 Å². The number of carbonyl (C=O) groups is 2. The Kier molecular flexibility index (Phi) is 4.95. The van der Waals surface area contributed by atoms with Crippen LogP contribution in [0.4, 0.5) is 5.69 Å². The Morgan fingerprint density at radius 2 is 1.93 bits per heavy atom. The van der Waals surface area contributed by atoms with Crippen molar-refractivity contribution in [2.75, 3.05) is 31.5 Å². The SMILES string of the molecule is Cc1[nH]c2c(c1C(=O)NCCN1CCCC1)CCC/C2=C1/C(=O)Nc2ccccc21. The number of carbonyl (C=O) groups excluding carboxylic acids is 2. The van der Waals surface area contributed by atoms with Crippen molar-refractivity contribution >= 4 is 28.6 Å². The minimum Gasteiger partial charge on any atom is -0.358 e. The van der Waals surface area contributed by atoms with E-state index in [2.05, 4.69) is 20.5 Å². The van der Waals surface area contributed by atoms with E-state index in [0.29, 0.717) is 6.54 Å². The molecule has 3 N–H and O–H groups in total. The van der Waals surface area contributed by atoms with Crippen LogP contribution in [0.2, 0.25) is 0 Å². The van der Waals surface area contributed by atoms with E-state index in [1.54, 1.807) is 0 Å². The van der Waals surface area contributed by atoms with Crippen molar-refractivity contribution in [3.05, 3.63) is 52.3 Å².